The lowest BCUT2D eigenvalue weighted by Gasteiger charge is -2.47. The first-order valence-electron chi connectivity index (χ1n) is 18.0. The van der Waals surface area contributed by atoms with Crippen LogP contribution in [-0.4, -0.2) is 57.7 Å². The zero-order valence-corrected chi connectivity index (χ0v) is 34.5. The molecule has 5 atom stereocenters. The number of benzene rings is 3. The molecule has 5 rings (SSSR count). The average molecular weight is 745 g/mol. The molecule has 1 fully saturated rings. The van der Waals surface area contributed by atoms with Gasteiger partial charge in [0.1, 0.15) is 24.4 Å². The average Bonchev–Trinajstić information content (AvgIpc) is 3.40. The van der Waals surface area contributed by atoms with Gasteiger partial charge in [-0.3, -0.25) is 14.3 Å². The molecule has 1 N–H and O–H groups in total. The Morgan fingerprint density at radius 1 is 0.673 bits per heavy atom. The van der Waals surface area contributed by atoms with Gasteiger partial charge < -0.3 is 13.6 Å². The lowest BCUT2D eigenvalue weighted by Crippen LogP contribution is -2.58. The van der Waals surface area contributed by atoms with Gasteiger partial charge in [0.2, 0.25) is 0 Å². The van der Waals surface area contributed by atoms with Crippen molar-refractivity contribution in [1.82, 2.24) is 9.55 Å². The van der Waals surface area contributed by atoms with Crippen LogP contribution < -0.4 is 11.2 Å². The Morgan fingerprint density at radius 3 is 1.48 bits per heavy atom. The molecule has 0 saturated carbocycles. The van der Waals surface area contributed by atoms with E-state index in [-0.39, 0.29) is 10.1 Å². The summed E-state index contributed by atoms with van der Waals surface area (Å²) in [4.78, 5) is 40.7. The van der Waals surface area contributed by atoms with Gasteiger partial charge in [0.25, 0.3) is 5.56 Å². The fourth-order valence-corrected chi connectivity index (χ4v) is 9.21. The predicted molar refractivity (Wildman–Crippen MR) is 210 cm³/mol. The molecule has 1 aliphatic rings. The minimum absolute atomic E-state index is 0.182. The summed E-state index contributed by atoms with van der Waals surface area (Å²) >= 11 is 0. The molecule has 52 heavy (non-hydrogen) atoms. The molecule has 4 aromatic rings. The monoisotopic (exact) mass is 744 g/mol. The van der Waals surface area contributed by atoms with E-state index in [0.29, 0.717) is 0 Å². The van der Waals surface area contributed by atoms with Crippen LogP contribution in [0.15, 0.2) is 113 Å². The van der Waals surface area contributed by atoms with Gasteiger partial charge in [-0.25, -0.2) is 14.6 Å². The third kappa shape index (κ3) is 7.63. The Kier molecular flexibility index (Phi) is 11.6. The number of ether oxygens (including phenoxy) is 1. The second kappa shape index (κ2) is 15.1. The van der Waals surface area contributed by atoms with Crippen LogP contribution in [0.3, 0.4) is 0 Å². The van der Waals surface area contributed by atoms with Crippen molar-refractivity contribution in [2.45, 2.75) is 114 Å². The quantitative estimate of drug-likeness (QED) is 0.0676. The normalized spacial score (nSPS) is 20.9. The fraction of sp³-hybridized carbons (Fsp3) is 0.463. The van der Waals surface area contributed by atoms with Crippen molar-refractivity contribution in [3.63, 3.8) is 0 Å². The first-order valence-corrected chi connectivity index (χ1v) is 23.9. The first kappa shape index (κ1) is 39.8. The number of hydrogen-bond acceptors (Lipinski definition) is 7. The molecule has 0 spiro atoms. The van der Waals surface area contributed by atoms with Gasteiger partial charge in [0.15, 0.2) is 22.9 Å². The summed E-state index contributed by atoms with van der Waals surface area (Å²) in [6.45, 7) is 21.9. The maximum absolute atomic E-state index is 13.6. The number of aromatic amines is 1. The van der Waals surface area contributed by atoms with Gasteiger partial charge in [-0.05, 0) is 53.0 Å². The van der Waals surface area contributed by atoms with Crippen LogP contribution in [0.4, 0.5) is 0 Å². The number of hydrogen-bond donors (Lipinski definition) is 1. The summed E-state index contributed by atoms with van der Waals surface area (Å²) in [5.74, 6) is 0. The van der Waals surface area contributed by atoms with E-state index in [1.165, 1.54) is 23.9 Å². The smallest absolute Gasteiger partial charge is 0.330 e. The molecule has 11 heteroatoms. The number of H-pyrrole nitrogens is 1. The minimum Gasteiger partial charge on any atom is -0.408 e. The Bertz CT molecular complexity index is 1790. The predicted octanol–water partition coefficient (Wildman–Crippen LogP) is 8.20. The number of nitrogens with zero attached hydrogens (tertiary/aromatic N) is 1. The fourth-order valence-electron chi connectivity index (χ4n) is 6.63. The molecule has 1 aliphatic heterocycles. The highest BCUT2D eigenvalue weighted by Crippen LogP contribution is 2.51. The van der Waals surface area contributed by atoms with E-state index in [0.717, 1.165) is 16.7 Å². The molecular weight excluding hydrogens is 689 g/mol. The Hall–Kier alpha value is -3.43. The molecule has 1 saturated heterocycles. The standard InChI is InChI=1S/C41H56N2O7Si2/c1-39(2,3)51(8,9)49-33-34(47-37(43-28-27-32(44)42-38(43)45)35(33)50-52(10,11)40(4,5)6)36(48-46-7)41(29-21-15-12-16-22-29,30-23-17-13-18-24-30)31-25-19-14-20-26-31/h12-28,33-37H,1-11H3,(H,42,44,45)/t33-,34+,35-,36?,37-/m1/s1. The van der Waals surface area contributed by atoms with Crippen molar-refractivity contribution in [2.24, 2.45) is 0 Å². The lowest BCUT2D eigenvalue weighted by molar-refractivity contribution is -0.335. The number of nitrogens with one attached hydrogen (secondary N) is 1. The van der Waals surface area contributed by atoms with Gasteiger partial charge in [0.05, 0.1) is 12.5 Å². The molecule has 0 aliphatic carbocycles. The maximum atomic E-state index is 13.6. The van der Waals surface area contributed by atoms with E-state index in [2.05, 4.69) is 109 Å². The first-order chi connectivity index (χ1) is 24.3. The molecule has 0 bridgehead atoms. The minimum atomic E-state index is -2.58. The van der Waals surface area contributed by atoms with Crippen molar-refractivity contribution in [1.29, 1.82) is 0 Å². The molecule has 2 heterocycles. The third-order valence-electron chi connectivity index (χ3n) is 11.4. The van der Waals surface area contributed by atoms with Crippen molar-refractivity contribution in [2.75, 3.05) is 7.11 Å². The van der Waals surface area contributed by atoms with Crippen LogP contribution in [0.25, 0.3) is 0 Å². The highest BCUT2D eigenvalue weighted by Gasteiger charge is 2.61. The lowest BCUT2D eigenvalue weighted by atomic mass is 9.64. The van der Waals surface area contributed by atoms with Crippen LogP contribution in [0, 0.1) is 0 Å². The number of rotatable bonds is 12. The molecule has 3 aromatic carbocycles. The van der Waals surface area contributed by atoms with Crippen LogP contribution in [0.5, 0.6) is 0 Å². The molecule has 0 amide bonds. The zero-order chi connectivity index (χ0) is 38.1. The second-order valence-electron chi connectivity index (χ2n) is 16.8. The van der Waals surface area contributed by atoms with Crippen LogP contribution in [0.1, 0.15) is 64.5 Å². The summed E-state index contributed by atoms with van der Waals surface area (Å²) < 4.78 is 23.5. The topological polar surface area (TPSA) is 101 Å². The zero-order valence-electron chi connectivity index (χ0n) is 32.5. The van der Waals surface area contributed by atoms with E-state index in [1.807, 2.05) is 54.6 Å². The van der Waals surface area contributed by atoms with E-state index in [1.54, 1.807) is 0 Å². The van der Waals surface area contributed by atoms with Crippen LogP contribution in [0.2, 0.25) is 36.3 Å². The summed E-state index contributed by atoms with van der Waals surface area (Å²) in [5.41, 5.74) is 0.759. The van der Waals surface area contributed by atoms with E-state index in [4.69, 9.17) is 23.4 Å². The molecule has 1 unspecified atom stereocenters. The molecular formula is C41H56N2O7Si2. The summed E-state index contributed by atoms with van der Waals surface area (Å²) in [6.07, 6.45) is -2.71. The Morgan fingerprint density at radius 2 is 1.10 bits per heavy atom. The van der Waals surface area contributed by atoms with Crippen LogP contribution >= 0.6 is 0 Å². The summed E-state index contributed by atoms with van der Waals surface area (Å²) in [7, 11) is -3.64. The molecule has 1 aromatic heterocycles. The van der Waals surface area contributed by atoms with Crippen molar-refractivity contribution in [3.8, 4) is 0 Å². The maximum Gasteiger partial charge on any atom is 0.330 e. The summed E-state index contributed by atoms with van der Waals surface area (Å²) in [5, 5.41) is -0.365. The van der Waals surface area contributed by atoms with E-state index in [9.17, 15) is 9.59 Å². The number of aromatic nitrogens is 2. The van der Waals surface area contributed by atoms with Crippen molar-refractivity contribution >= 4 is 16.6 Å². The van der Waals surface area contributed by atoms with E-state index >= 15 is 0 Å². The van der Waals surface area contributed by atoms with Gasteiger partial charge in [0, 0.05) is 12.3 Å². The van der Waals surface area contributed by atoms with Gasteiger partial charge in [-0.2, -0.15) is 0 Å². The Balaban J connectivity index is 1.87. The highest BCUT2D eigenvalue weighted by molar-refractivity contribution is 6.74. The Labute approximate surface area is 310 Å². The summed E-state index contributed by atoms with van der Waals surface area (Å²) in [6, 6.07) is 32.0. The second-order valence-corrected chi connectivity index (χ2v) is 26.3. The van der Waals surface area contributed by atoms with Crippen molar-refractivity contribution in [3.05, 3.63) is 141 Å². The molecule has 280 valence electrons. The van der Waals surface area contributed by atoms with Gasteiger partial charge in [-0.1, -0.05) is 133 Å². The largest absolute Gasteiger partial charge is 0.408 e. The van der Waals surface area contributed by atoms with Gasteiger partial charge >= 0.3 is 5.69 Å². The molecule has 9 nitrogen and oxygen atoms in total. The van der Waals surface area contributed by atoms with Gasteiger partial charge in [-0.15, -0.1) is 0 Å². The molecule has 0 radical (unpaired) electrons. The third-order valence-corrected chi connectivity index (χ3v) is 20.4. The highest BCUT2D eigenvalue weighted by atomic mass is 28.4. The van der Waals surface area contributed by atoms with Crippen molar-refractivity contribution < 1.29 is 23.4 Å². The SMILES string of the molecule is COOC([C@H]1O[C@@H](n2ccc(=O)[nH]c2=O)[C@H](O[Si](C)(C)C(C)(C)C)[C@@H]1O[Si](C)(C)C(C)(C)C)C(c1ccccc1)(c1ccccc1)c1ccccc1. The van der Waals surface area contributed by atoms with E-state index < -0.39 is 63.9 Å². The van der Waals surface area contributed by atoms with Crippen LogP contribution in [-0.2, 0) is 28.8 Å².